The maximum atomic E-state index is 11.6. The number of aryl methyl sites for hydroxylation is 1. The van der Waals surface area contributed by atoms with Crippen LogP contribution in [0, 0.1) is 17.2 Å². The molecule has 1 fully saturated rings. The van der Waals surface area contributed by atoms with Gasteiger partial charge >= 0.3 is 0 Å². The normalized spacial score (nSPS) is 15.9. The zero-order chi connectivity index (χ0) is 23.7. The maximum absolute atomic E-state index is 11.6. The molecule has 10 nitrogen and oxygen atoms in total. The third-order valence-corrected chi connectivity index (χ3v) is 7.36. The van der Waals surface area contributed by atoms with E-state index in [2.05, 4.69) is 16.0 Å². The van der Waals surface area contributed by atoms with E-state index in [9.17, 15) is 10.1 Å². The summed E-state index contributed by atoms with van der Waals surface area (Å²) < 4.78 is 13.4. The molecule has 2 aliphatic rings. The highest BCUT2D eigenvalue weighted by atomic mass is 32.2. The van der Waals surface area contributed by atoms with E-state index in [0.717, 1.165) is 37.2 Å². The summed E-state index contributed by atoms with van der Waals surface area (Å²) in [5.74, 6) is 2.16. The number of likely N-dealkylation sites (tertiary alicyclic amines) is 1. The van der Waals surface area contributed by atoms with Crippen LogP contribution in [-0.4, -0.2) is 56.6 Å². The summed E-state index contributed by atoms with van der Waals surface area (Å²) in [6.45, 7) is 4.85. The van der Waals surface area contributed by atoms with E-state index in [0.29, 0.717) is 64.9 Å². The molecule has 0 atom stereocenters. The van der Waals surface area contributed by atoms with Crippen LogP contribution in [0.15, 0.2) is 28.5 Å². The monoisotopic (exact) mass is 479 g/mol. The Balaban J connectivity index is 1.43. The van der Waals surface area contributed by atoms with E-state index < -0.39 is 0 Å². The van der Waals surface area contributed by atoms with Crippen LogP contribution in [0.5, 0.6) is 11.5 Å². The van der Waals surface area contributed by atoms with Crippen molar-refractivity contribution in [2.24, 2.45) is 5.92 Å². The van der Waals surface area contributed by atoms with Gasteiger partial charge in [0.05, 0.1) is 5.56 Å². The smallest absolute Gasteiger partial charge is 0.219 e. The standard InChI is InChI=1S/C23H25N7O3S/c1-14(31)29-5-2-15(3-6-29)4-7-30-22-20(21(25)26-13-27-22)28-23(30)34-19-11-18-17(10-16(19)12-24)32-8-9-33-18/h10-11,13,15H,2-9H2,1H3,(H2,25,26,27). The number of imidazole rings is 1. The number of benzene rings is 1. The molecule has 1 aromatic carbocycles. The highest BCUT2D eigenvalue weighted by Gasteiger charge is 2.24. The van der Waals surface area contributed by atoms with Crippen LogP contribution < -0.4 is 15.2 Å². The third kappa shape index (κ3) is 4.33. The minimum atomic E-state index is 0.137. The van der Waals surface area contributed by atoms with Crippen molar-refractivity contribution in [1.82, 2.24) is 24.4 Å². The van der Waals surface area contributed by atoms with Gasteiger partial charge in [-0.25, -0.2) is 15.0 Å². The Hall–Kier alpha value is -3.52. The van der Waals surface area contributed by atoms with E-state index in [1.807, 2.05) is 15.5 Å². The second-order valence-electron chi connectivity index (χ2n) is 8.42. The first kappa shape index (κ1) is 22.3. The Kier molecular flexibility index (Phi) is 6.15. The van der Waals surface area contributed by atoms with Crippen molar-refractivity contribution in [3.63, 3.8) is 0 Å². The lowest BCUT2D eigenvalue weighted by molar-refractivity contribution is -0.130. The quantitative estimate of drug-likeness (QED) is 0.586. The van der Waals surface area contributed by atoms with Gasteiger partial charge in [-0.3, -0.25) is 4.79 Å². The number of hydrogen-bond acceptors (Lipinski definition) is 9. The lowest BCUT2D eigenvalue weighted by Crippen LogP contribution is -2.37. The molecule has 11 heteroatoms. The van der Waals surface area contributed by atoms with E-state index >= 15 is 0 Å². The summed E-state index contributed by atoms with van der Waals surface area (Å²) in [5.41, 5.74) is 7.81. The molecule has 34 heavy (non-hydrogen) atoms. The Morgan fingerprint density at radius 3 is 2.68 bits per heavy atom. The van der Waals surface area contributed by atoms with Crippen molar-refractivity contribution in [1.29, 1.82) is 5.26 Å². The molecular weight excluding hydrogens is 454 g/mol. The van der Waals surface area contributed by atoms with Crippen LogP contribution in [0.2, 0.25) is 0 Å². The number of nitrogens with two attached hydrogens (primary N) is 1. The molecule has 2 aliphatic heterocycles. The summed E-state index contributed by atoms with van der Waals surface area (Å²) in [6.07, 6.45) is 4.33. The fourth-order valence-electron chi connectivity index (χ4n) is 4.40. The Labute approximate surface area is 201 Å². The minimum Gasteiger partial charge on any atom is -0.486 e. The number of aromatic nitrogens is 4. The Morgan fingerprint density at radius 2 is 1.97 bits per heavy atom. The maximum Gasteiger partial charge on any atom is 0.219 e. The van der Waals surface area contributed by atoms with Gasteiger partial charge in [0, 0.05) is 37.5 Å². The van der Waals surface area contributed by atoms with E-state index in [1.165, 1.54) is 18.1 Å². The van der Waals surface area contributed by atoms with Crippen molar-refractivity contribution >= 4 is 34.7 Å². The van der Waals surface area contributed by atoms with Gasteiger partial charge in [0.15, 0.2) is 33.6 Å². The number of anilines is 1. The van der Waals surface area contributed by atoms with Gasteiger partial charge in [0.1, 0.15) is 25.6 Å². The highest BCUT2D eigenvalue weighted by Crippen LogP contribution is 2.40. The summed E-state index contributed by atoms with van der Waals surface area (Å²) in [6, 6.07) is 5.79. The molecule has 2 aromatic heterocycles. The van der Waals surface area contributed by atoms with Gasteiger partial charge in [0.2, 0.25) is 5.91 Å². The number of amides is 1. The van der Waals surface area contributed by atoms with Gasteiger partial charge in [-0.15, -0.1) is 0 Å². The number of ether oxygens (including phenoxy) is 2. The Morgan fingerprint density at radius 1 is 1.24 bits per heavy atom. The summed E-state index contributed by atoms with van der Waals surface area (Å²) in [4.78, 5) is 27.5. The van der Waals surface area contributed by atoms with Gasteiger partial charge in [-0.05, 0) is 31.2 Å². The van der Waals surface area contributed by atoms with Crippen LogP contribution in [-0.2, 0) is 11.3 Å². The highest BCUT2D eigenvalue weighted by molar-refractivity contribution is 7.99. The average Bonchev–Trinajstić information content (AvgIpc) is 3.20. The number of nitrogens with zero attached hydrogens (tertiary/aromatic N) is 6. The first-order chi connectivity index (χ1) is 16.5. The van der Waals surface area contributed by atoms with Crippen molar-refractivity contribution < 1.29 is 14.3 Å². The number of carbonyl (C=O) groups is 1. The number of piperidine rings is 1. The van der Waals surface area contributed by atoms with Crippen molar-refractivity contribution in [3.8, 4) is 17.6 Å². The molecule has 3 aromatic rings. The molecule has 1 saturated heterocycles. The number of carbonyl (C=O) groups excluding carboxylic acids is 1. The minimum absolute atomic E-state index is 0.137. The molecule has 0 unspecified atom stereocenters. The Bertz CT molecular complexity index is 1280. The first-order valence-corrected chi connectivity index (χ1v) is 12.1. The number of rotatable bonds is 5. The lowest BCUT2D eigenvalue weighted by atomic mass is 9.93. The fourth-order valence-corrected chi connectivity index (χ4v) is 5.40. The molecule has 0 saturated carbocycles. The molecule has 176 valence electrons. The summed E-state index contributed by atoms with van der Waals surface area (Å²) in [5, 5.41) is 10.4. The van der Waals surface area contributed by atoms with E-state index in [4.69, 9.17) is 20.2 Å². The number of fused-ring (bicyclic) bond motifs is 2. The summed E-state index contributed by atoms with van der Waals surface area (Å²) in [7, 11) is 0. The predicted octanol–water partition coefficient (Wildman–Crippen LogP) is 2.85. The number of hydrogen-bond donors (Lipinski definition) is 1. The zero-order valence-corrected chi connectivity index (χ0v) is 19.7. The van der Waals surface area contributed by atoms with E-state index in [-0.39, 0.29) is 5.91 Å². The van der Waals surface area contributed by atoms with E-state index in [1.54, 1.807) is 13.0 Å². The molecule has 4 heterocycles. The van der Waals surface area contributed by atoms with Crippen molar-refractivity contribution in [2.45, 2.75) is 42.8 Å². The van der Waals surface area contributed by atoms with Crippen LogP contribution in [0.25, 0.3) is 11.2 Å². The third-order valence-electron chi connectivity index (χ3n) is 6.31. The molecule has 0 bridgehead atoms. The second-order valence-corrected chi connectivity index (χ2v) is 9.43. The van der Waals surface area contributed by atoms with Crippen molar-refractivity contribution in [3.05, 3.63) is 24.0 Å². The second kappa shape index (κ2) is 9.38. The molecule has 0 spiro atoms. The van der Waals surface area contributed by atoms with Crippen LogP contribution in [0.1, 0.15) is 31.7 Å². The van der Waals surface area contributed by atoms with Gasteiger partial charge < -0.3 is 24.7 Å². The van der Waals surface area contributed by atoms with Crippen molar-refractivity contribution in [2.75, 3.05) is 32.0 Å². The lowest BCUT2D eigenvalue weighted by Gasteiger charge is -2.31. The van der Waals surface area contributed by atoms with Crippen LogP contribution in [0.4, 0.5) is 5.82 Å². The zero-order valence-electron chi connectivity index (χ0n) is 18.9. The van der Waals surface area contributed by atoms with Gasteiger partial charge in [-0.2, -0.15) is 5.26 Å². The number of nitriles is 1. The topological polar surface area (TPSA) is 132 Å². The average molecular weight is 480 g/mol. The largest absolute Gasteiger partial charge is 0.486 e. The molecular formula is C23H25N7O3S. The van der Waals surface area contributed by atoms with Gasteiger partial charge in [0.25, 0.3) is 0 Å². The SMILES string of the molecule is CC(=O)N1CCC(CCn2c(Sc3cc4c(cc3C#N)OCCO4)nc3c(N)ncnc32)CC1. The molecule has 2 N–H and O–H groups in total. The molecule has 0 radical (unpaired) electrons. The van der Waals surface area contributed by atoms with Crippen LogP contribution >= 0.6 is 11.8 Å². The molecule has 5 rings (SSSR count). The summed E-state index contributed by atoms with van der Waals surface area (Å²) >= 11 is 1.38. The van der Waals surface area contributed by atoms with Gasteiger partial charge in [-0.1, -0.05) is 11.8 Å². The van der Waals surface area contributed by atoms with Crippen LogP contribution in [0.3, 0.4) is 0 Å². The fraction of sp³-hybridized carbons (Fsp3) is 0.435. The molecule has 0 aliphatic carbocycles. The number of nitrogen functional groups attached to an aromatic ring is 1. The molecule has 1 amide bonds. The first-order valence-electron chi connectivity index (χ1n) is 11.3. The predicted molar refractivity (Wildman–Crippen MR) is 126 cm³/mol.